The van der Waals surface area contributed by atoms with E-state index in [0.29, 0.717) is 22.6 Å². The first kappa shape index (κ1) is 16.0. The summed E-state index contributed by atoms with van der Waals surface area (Å²) in [6, 6.07) is 8.37. The first-order valence-corrected chi connectivity index (χ1v) is 7.57. The number of hydrogen-bond acceptors (Lipinski definition) is 2. The molecule has 2 heterocycles. The lowest BCUT2D eigenvalue weighted by Gasteiger charge is -2.06. The minimum absolute atomic E-state index is 0.111. The fourth-order valence-corrected chi connectivity index (χ4v) is 2.76. The smallest absolute Gasteiger partial charge is 0.352 e. The van der Waals surface area contributed by atoms with Gasteiger partial charge in [0.1, 0.15) is 0 Å². The Morgan fingerprint density at radius 2 is 1.78 bits per heavy atom. The first-order chi connectivity index (χ1) is 10.8. The van der Waals surface area contributed by atoms with Crippen molar-refractivity contribution in [1.29, 1.82) is 0 Å². The van der Waals surface area contributed by atoms with Crippen LogP contribution in [0.15, 0.2) is 47.1 Å². The Hall–Kier alpha value is -1.86. The Bertz CT molecular complexity index is 844. The van der Waals surface area contributed by atoms with E-state index in [4.69, 9.17) is 11.6 Å². The lowest BCUT2D eigenvalue weighted by atomic mass is 10.1. The Kier molecular flexibility index (Phi) is 4.16. The van der Waals surface area contributed by atoms with Gasteiger partial charge in [0.2, 0.25) is 5.28 Å². The Morgan fingerprint density at radius 3 is 2.39 bits per heavy atom. The van der Waals surface area contributed by atoms with E-state index in [9.17, 15) is 13.2 Å². The van der Waals surface area contributed by atoms with Crippen molar-refractivity contribution in [2.45, 2.75) is 6.18 Å². The molecule has 0 amide bonds. The number of nitrogens with one attached hydrogen (secondary N) is 1. The van der Waals surface area contributed by atoms with Crippen molar-refractivity contribution < 1.29 is 13.2 Å². The Labute approximate surface area is 142 Å². The zero-order valence-corrected chi connectivity index (χ0v) is 13.7. The van der Waals surface area contributed by atoms with Gasteiger partial charge in [0, 0.05) is 16.4 Å². The van der Waals surface area contributed by atoms with Gasteiger partial charge in [0.05, 0.1) is 17.0 Å². The summed E-state index contributed by atoms with van der Waals surface area (Å²) in [6.45, 7) is 0. The predicted octanol–water partition coefficient (Wildman–Crippen LogP) is 5.57. The average Bonchev–Trinajstić information content (AvgIpc) is 2.88. The monoisotopic (exact) mass is 401 g/mol. The third kappa shape index (κ3) is 3.40. The minimum atomic E-state index is -4.35. The van der Waals surface area contributed by atoms with E-state index >= 15 is 0 Å². The van der Waals surface area contributed by atoms with Crippen LogP contribution >= 0.6 is 27.5 Å². The van der Waals surface area contributed by atoms with Crippen LogP contribution in [0.4, 0.5) is 13.2 Å². The molecule has 0 saturated heterocycles. The van der Waals surface area contributed by atoms with Crippen molar-refractivity contribution in [2.75, 3.05) is 0 Å². The lowest BCUT2D eigenvalue weighted by Crippen LogP contribution is -2.03. The van der Waals surface area contributed by atoms with Gasteiger partial charge in [0.25, 0.3) is 0 Å². The highest BCUT2D eigenvalue weighted by molar-refractivity contribution is 9.10. The lowest BCUT2D eigenvalue weighted by molar-refractivity contribution is -0.137. The normalized spacial score (nSPS) is 11.7. The molecule has 3 rings (SSSR count). The number of aromatic nitrogens is 3. The number of nitrogens with zero attached hydrogens (tertiary/aromatic N) is 2. The maximum atomic E-state index is 12.6. The van der Waals surface area contributed by atoms with Crippen LogP contribution in [0.2, 0.25) is 5.28 Å². The van der Waals surface area contributed by atoms with Gasteiger partial charge in [-0.15, -0.1) is 0 Å². The molecule has 2 aromatic heterocycles. The SMILES string of the molecule is FC(F)(F)c1ccc(-c2cc(Br)c(-c3ccnc(Cl)n3)[nH]2)cc1. The van der Waals surface area contributed by atoms with Crippen molar-refractivity contribution in [3.05, 3.63) is 57.9 Å². The summed E-state index contributed by atoms with van der Waals surface area (Å²) in [7, 11) is 0. The Balaban J connectivity index is 1.98. The second kappa shape index (κ2) is 5.98. The van der Waals surface area contributed by atoms with E-state index in [1.807, 2.05) is 0 Å². The maximum Gasteiger partial charge on any atom is 0.416 e. The number of rotatable bonds is 2. The molecule has 0 fully saturated rings. The highest BCUT2D eigenvalue weighted by Gasteiger charge is 2.30. The van der Waals surface area contributed by atoms with Gasteiger partial charge in [-0.25, -0.2) is 9.97 Å². The molecular formula is C15H8BrClF3N3. The summed E-state index contributed by atoms with van der Waals surface area (Å²) >= 11 is 9.18. The molecule has 1 aromatic carbocycles. The average molecular weight is 403 g/mol. The topological polar surface area (TPSA) is 41.6 Å². The summed E-state index contributed by atoms with van der Waals surface area (Å²) in [6.07, 6.45) is -2.83. The summed E-state index contributed by atoms with van der Waals surface area (Å²) < 4.78 is 38.5. The highest BCUT2D eigenvalue weighted by atomic mass is 79.9. The molecule has 3 nitrogen and oxygen atoms in total. The van der Waals surface area contributed by atoms with E-state index < -0.39 is 11.7 Å². The molecule has 0 aliphatic rings. The van der Waals surface area contributed by atoms with Crippen LogP contribution in [0.25, 0.3) is 22.6 Å². The van der Waals surface area contributed by atoms with E-state index in [1.54, 1.807) is 12.1 Å². The first-order valence-electron chi connectivity index (χ1n) is 6.39. The number of benzene rings is 1. The molecule has 1 N–H and O–H groups in total. The Morgan fingerprint density at radius 1 is 1.09 bits per heavy atom. The van der Waals surface area contributed by atoms with E-state index in [2.05, 4.69) is 30.9 Å². The molecular weight excluding hydrogens is 395 g/mol. The van der Waals surface area contributed by atoms with E-state index in [-0.39, 0.29) is 5.28 Å². The van der Waals surface area contributed by atoms with Crippen LogP contribution in [-0.2, 0) is 6.18 Å². The van der Waals surface area contributed by atoms with Crippen molar-refractivity contribution >= 4 is 27.5 Å². The highest BCUT2D eigenvalue weighted by Crippen LogP contribution is 2.34. The summed E-state index contributed by atoms with van der Waals surface area (Å²) in [5.41, 5.74) is 1.86. The maximum absolute atomic E-state index is 12.6. The zero-order chi connectivity index (χ0) is 16.6. The quantitative estimate of drug-likeness (QED) is 0.569. The van der Waals surface area contributed by atoms with Gasteiger partial charge >= 0.3 is 6.18 Å². The zero-order valence-electron chi connectivity index (χ0n) is 11.3. The van der Waals surface area contributed by atoms with Crippen LogP contribution in [0.5, 0.6) is 0 Å². The molecule has 0 unspecified atom stereocenters. The molecule has 3 aromatic rings. The fourth-order valence-electron chi connectivity index (χ4n) is 2.08. The van der Waals surface area contributed by atoms with Crippen LogP contribution in [0, 0.1) is 0 Å². The van der Waals surface area contributed by atoms with E-state index in [0.717, 1.165) is 16.6 Å². The van der Waals surface area contributed by atoms with Gasteiger partial charge in [-0.2, -0.15) is 13.2 Å². The largest absolute Gasteiger partial charge is 0.416 e. The van der Waals surface area contributed by atoms with Crippen molar-refractivity contribution in [3.8, 4) is 22.6 Å². The molecule has 8 heteroatoms. The van der Waals surface area contributed by atoms with Crippen molar-refractivity contribution in [1.82, 2.24) is 15.0 Å². The molecule has 23 heavy (non-hydrogen) atoms. The molecule has 0 saturated carbocycles. The molecule has 0 atom stereocenters. The predicted molar refractivity (Wildman–Crippen MR) is 85.0 cm³/mol. The van der Waals surface area contributed by atoms with Crippen LogP contribution in [0.3, 0.4) is 0 Å². The summed E-state index contributed by atoms with van der Waals surface area (Å²) in [5, 5.41) is 0.111. The summed E-state index contributed by atoms with van der Waals surface area (Å²) in [5.74, 6) is 0. The fraction of sp³-hybridized carbons (Fsp3) is 0.0667. The molecule has 0 aliphatic heterocycles. The summed E-state index contributed by atoms with van der Waals surface area (Å²) in [4.78, 5) is 11.0. The molecule has 0 aliphatic carbocycles. The van der Waals surface area contributed by atoms with E-state index in [1.165, 1.54) is 18.3 Å². The number of aromatic amines is 1. The third-order valence-corrected chi connectivity index (χ3v) is 3.98. The second-order valence-electron chi connectivity index (χ2n) is 4.69. The van der Waals surface area contributed by atoms with Crippen LogP contribution in [0.1, 0.15) is 5.56 Å². The van der Waals surface area contributed by atoms with Gasteiger partial charge in [-0.1, -0.05) is 12.1 Å². The third-order valence-electron chi connectivity index (χ3n) is 3.18. The minimum Gasteiger partial charge on any atom is -0.352 e. The molecule has 0 spiro atoms. The number of halogens is 5. The molecule has 118 valence electrons. The van der Waals surface area contributed by atoms with Gasteiger partial charge in [-0.3, -0.25) is 0 Å². The van der Waals surface area contributed by atoms with Crippen molar-refractivity contribution in [3.63, 3.8) is 0 Å². The van der Waals surface area contributed by atoms with Crippen LogP contribution < -0.4 is 0 Å². The van der Waals surface area contributed by atoms with Crippen LogP contribution in [-0.4, -0.2) is 15.0 Å². The van der Waals surface area contributed by atoms with Gasteiger partial charge in [0.15, 0.2) is 0 Å². The number of H-pyrrole nitrogens is 1. The standard InChI is InChI=1S/C15H8BrClF3N3/c16-10-7-12(8-1-3-9(4-2-8)15(18,19)20)22-13(10)11-5-6-21-14(17)23-11/h1-7,22H. The van der Waals surface area contributed by atoms with Crippen molar-refractivity contribution in [2.24, 2.45) is 0 Å². The number of alkyl halides is 3. The van der Waals surface area contributed by atoms with Gasteiger partial charge in [-0.05, 0) is 57.4 Å². The van der Waals surface area contributed by atoms with Gasteiger partial charge < -0.3 is 4.98 Å². The molecule has 0 radical (unpaired) electrons. The second-order valence-corrected chi connectivity index (χ2v) is 5.88. The molecule has 0 bridgehead atoms. The number of hydrogen-bond donors (Lipinski definition) is 1.